The number of amides is 1. The zero-order valence-corrected chi connectivity index (χ0v) is 20.4. The van der Waals surface area contributed by atoms with Crippen molar-refractivity contribution in [2.24, 2.45) is 0 Å². The fourth-order valence-corrected chi connectivity index (χ4v) is 3.70. The van der Waals surface area contributed by atoms with Crippen LogP contribution in [0.25, 0.3) is 16.9 Å². The lowest BCUT2D eigenvalue weighted by molar-refractivity contribution is -0.192. The summed E-state index contributed by atoms with van der Waals surface area (Å²) < 4.78 is 62.2. The van der Waals surface area contributed by atoms with Crippen molar-refractivity contribution < 1.29 is 36.6 Å². The molecule has 0 unspecified atom stereocenters. The number of halogens is 5. The normalized spacial score (nSPS) is 11.1. The first-order chi connectivity index (χ1) is 19.0. The minimum absolute atomic E-state index is 0.0543. The maximum absolute atomic E-state index is 13.5. The second kappa shape index (κ2) is 11.8. The summed E-state index contributed by atoms with van der Waals surface area (Å²) in [7, 11) is 0. The summed E-state index contributed by atoms with van der Waals surface area (Å²) in [5, 5.41) is 9.87. The molecule has 8 nitrogen and oxygen atoms in total. The van der Waals surface area contributed by atoms with Gasteiger partial charge in [-0.3, -0.25) is 14.2 Å². The van der Waals surface area contributed by atoms with Gasteiger partial charge in [-0.05, 0) is 47.5 Å². The van der Waals surface area contributed by atoms with E-state index in [9.17, 15) is 26.7 Å². The second-order valence-corrected chi connectivity index (χ2v) is 8.41. The molecule has 0 fully saturated rings. The highest BCUT2D eigenvalue weighted by Crippen LogP contribution is 2.24. The van der Waals surface area contributed by atoms with Crippen LogP contribution in [0.3, 0.4) is 0 Å². The number of carboxylic acids is 1. The van der Waals surface area contributed by atoms with E-state index in [1.807, 2.05) is 70.2 Å². The molecule has 0 aliphatic rings. The molecule has 4 aromatic heterocycles. The van der Waals surface area contributed by atoms with Crippen molar-refractivity contribution in [1.29, 1.82) is 0 Å². The van der Waals surface area contributed by atoms with Crippen LogP contribution >= 0.6 is 0 Å². The van der Waals surface area contributed by atoms with Crippen molar-refractivity contribution in [3.05, 3.63) is 114 Å². The quantitative estimate of drug-likeness (QED) is 0.284. The lowest BCUT2D eigenvalue weighted by Gasteiger charge is -2.04. The first-order valence-electron chi connectivity index (χ1n) is 11.6. The lowest BCUT2D eigenvalue weighted by Crippen LogP contribution is -2.23. The van der Waals surface area contributed by atoms with Crippen molar-refractivity contribution in [2.45, 2.75) is 19.3 Å². The number of benzene rings is 1. The van der Waals surface area contributed by atoms with Crippen LogP contribution in [-0.2, 0) is 17.9 Å². The Morgan fingerprint density at radius 2 is 1.73 bits per heavy atom. The van der Waals surface area contributed by atoms with Gasteiger partial charge in [0, 0.05) is 49.6 Å². The molecule has 13 heteroatoms. The molecule has 4 heterocycles. The zero-order valence-electron chi connectivity index (χ0n) is 20.4. The molecule has 206 valence electrons. The van der Waals surface area contributed by atoms with Gasteiger partial charge in [-0.25, -0.2) is 18.6 Å². The van der Waals surface area contributed by atoms with Crippen molar-refractivity contribution in [2.75, 3.05) is 0 Å². The Bertz CT molecular complexity index is 1650. The molecule has 0 aliphatic heterocycles. The summed E-state index contributed by atoms with van der Waals surface area (Å²) in [5.74, 6) is -4.40. The number of hydrogen-bond donors (Lipinski definition) is 2. The van der Waals surface area contributed by atoms with Crippen LogP contribution in [0.4, 0.5) is 22.0 Å². The van der Waals surface area contributed by atoms with Crippen LogP contribution < -0.4 is 5.32 Å². The van der Waals surface area contributed by atoms with E-state index in [-0.39, 0.29) is 12.2 Å². The number of aromatic nitrogens is 4. The van der Waals surface area contributed by atoms with E-state index in [4.69, 9.17) is 9.90 Å². The van der Waals surface area contributed by atoms with Gasteiger partial charge in [-0.1, -0.05) is 18.2 Å². The number of alkyl halides is 3. The maximum atomic E-state index is 13.5. The maximum Gasteiger partial charge on any atom is 0.490 e. The Morgan fingerprint density at radius 3 is 2.40 bits per heavy atom. The molecule has 0 spiro atoms. The summed E-state index contributed by atoms with van der Waals surface area (Å²) >= 11 is 0. The zero-order chi connectivity index (χ0) is 28.9. The Labute approximate surface area is 223 Å². The molecule has 5 rings (SSSR count). The molecule has 0 saturated heterocycles. The number of carbonyl (C=O) groups is 2. The SMILES string of the molecule is O=C(NCc1ccc(F)c(F)c1)c1nc(-c2ccn(Cc3cccnc3)c2)n2ccccc12.O=C(O)C(F)(F)F. The Balaban J connectivity index is 0.000000470. The van der Waals surface area contributed by atoms with Gasteiger partial charge in [0.25, 0.3) is 5.91 Å². The molecule has 0 atom stereocenters. The number of hydrogen-bond acceptors (Lipinski definition) is 4. The van der Waals surface area contributed by atoms with E-state index in [0.717, 1.165) is 23.3 Å². The summed E-state index contributed by atoms with van der Waals surface area (Å²) in [5.41, 5.74) is 3.30. The van der Waals surface area contributed by atoms with E-state index in [1.165, 1.54) is 6.07 Å². The average Bonchev–Trinajstić information content (AvgIpc) is 3.54. The highest BCUT2D eigenvalue weighted by atomic mass is 19.4. The van der Waals surface area contributed by atoms with Crippen molar-refractivity contribution in [3.63, 3.8) is 0 Å². The van der Waals surface area contributed by atoms with Crippen molar-refractivity contribution in [1.82, 2.24) is 24.3 Å². The van der Waals surface area contributed by atoms with Crippen LogP contribution in [0, 0.1) is 11.6 Å². The van der Waals surface area contributed by atoms with Gasteiger partial charge in [0.1, 0.15) is 5.82 Å². The first kappa shape index (κ1) is 28.0. The third-order valence-electron chi connectivity index (χ3n) is 5.54. The van der Waals surface area contributed by atoms with Crippen molar-refractivity contribution in [3.8, 4) is 11.4 Å². The molecule has 0 bridgehead atoms. The molecule has 1 aromatic carbocycles. The average molecular weight is 557 g/mol. The molecule has 1 amide bonds. The predicted octanol–water partition coefficient (Wildman–Crippen LogP) is 5.09. The molecule has 0 radical (unpaired) electrons. The number of carboxylic acid groups (broad SMARTS) is 1. The standard InChI is InChI=1S/C25H19F2N5O.C2HF3O2/c26-20-7-6-17(12-21(20)27)14-29-25(33)23-22-5-1-2-10-32(22)24(30-23)19-8-11-31(16-19)15-18-4-3-9-28-13-18;3-2(4,5)1(6)7/h1-13,16H,14-15H2,(H,29,33);(H,6,7). The molecule has 2 N–H and O–H groups in total. The number of pyridine rings is 2. The fraction of sp³-hybridized carbons (Fsp3) is 0.111. The Kier molecular flexibility index (Phi) is 8.22. The smallest absolute Gasteiger partial charge is 0.475 e. The Morgan fingerprint density at radius 1 is 0.950 bits per heavy atom. The fourth-order valence-electron chi connectivity index (χ4n) is 3.70. The summed E-state index contributed by atoms with van der Waals surface area (Å²) in [4.78, 5) is 30.6. The van der Waals surface area contributed by atoms with Crippen molar-refractivity contribution >= 4 is 17.4 Å². The largest absolute Gasteiger partial charge is 0.490 e. The molecular formula is C27H20F5N5O3. The van der Waals surface area contributed by atoms with E-state index >= 15 is 0 Å². The van der Waals surface area contributed by atoms with E-state index in [0.29, 0.717) is 23.4 Å². The lowest BCUT2D eigenvalue weighted by atomic mass is 10.2. The van der Waals surface area contributed by atoms with Crippen LogP contribution in [0.5, 0.6) is 0 Å². The van der Waals surface area contributed by atoms with Crippen LogP contribution in [0.1, 0.15) is 21.6 Å². The number of fused-ring (bicyclic) bond motifs is 1. The van der Waals surface area contributed by atoms with Gasteiger partial charge in [0.2, 0.25) is 0 Å². The number of imidazole rings is 1. The number of carbonyl (C=O) groups excluding carboxylic acids is 1. The summed E-state index contributed by atoms with van der Waals surface area (Å²) in [6, 6.07) is 14.9. The number of aliphatic carboxylic acids is 1. The summed E-state index contributed by atoms with van der Waals surface area (Å²) in [6.45, 7) is 0.720. The minimum atomic E-state index is -5.08. The van der Waals surface area contributed by atoms with E-state index in [2.05, 4.69) is 15.3 Å². The van der Waals surface area contributed by atoms with Gasteiger partial charge >= 0.3 is 12.1 Å². The van der Waals surface area contributed by atoms with Crippen LogP contribution in [0.15, 0.2) is 85.6 Å². The predicted molar refractivity (Wildman–Crippen MR) is 133 cm³/mol. The number of rotatable bonds is 6. The highest BCUT2D eigenvalue weighted by molar-refractivity contribution is 6.00. The van der Waals surface area contributed by atoms with Gasteiger partial charge in [0.05, 0.1) is 5.52 Å². The topological polar surface area (TPSA) is 102 Å². The van der Waals surface area contributed by atoms with Crippen LogP contribution in [-0.4, -0.2) is 42.1 Å². The van der Waals surface area contributed by atoms with E-state index in [1.54, 1.807) is 6.20 Å². The molecular weight excluding hydrogens is 537 g/mol. The molecule has 0 saturated carbocycles. The van der Waals surface area contributed by atoms with Gasteiger partial charge < -0.3 is 15.0 Å². The minimum Gasteiger partial charge on any atom is -0.475 e. The van der Waals surface area contributed by atoms with Gasteiger partial charge in [0.15, 0.2) is 17.3 Å². The molecule has 0 aliphatic carbocycles. The summed E-state index contributed by atoms with van der Waals surface area (Å²) in [6.07, 6.45) is 4.25. The molecule has 5 aromatic rings. The third kappa shape index (κ3) is 6.67. The third-order valence-corrected chi connectivity index (χ3v) is 5.54. The molecule has 40 heavy (non-hydrogen) atoms. The number of nitrogens with one attached hydrogen (secondary N) is 1. The first-order valence-corrected chi connectivity index (χ1v) is 11.6. The van der Waals surface area contributed by atoms with E-state index < -0.39 is 29.7 Å². The highest BCUT2D eigenvalue weighted by Gasteiger charge is 2.38. The van der Waals surface area contributed by atoms with Crippen LogP contribution in [0.2, 0.25) is 0 Å². The van der Waals surface area contributed by atoms with Gasteiger partial charge in [-0.2, -0.15) is 13.2 Å². The number of nitrogens with zero attached hydrogens (tertiary/aromatic N) is 4. The van der Waals surface area contributed by atoms with Gasteiger partial charge in [-0.15, -0.1) is 0 Å². The monoisotopic (exact) mass is 557 g/mol. The Hall–Kier alpha value is -5.07. The second-order valence-electron chi connectivity index (χ2n) is 8.41.